The Balaban J connectivity index is 1.65. The zero-order valence-corrected chi connectivity index (χ0v) is 16.0. The van der Waals surface area contributed by atoms with Crippen molar-refractivity contribution < 1.29 is 9.18 Å². The van der Waals surface area contributed by atoms with Crippen molar-refractivity contribution in [3.8, 4) is 0 Å². The van der Waals surface area contributed by atoms with Gasteiger partial charge in [-0.15, -0.1) is 0 Å². The molecule has 1 aromatic heterocycles. The fourth-order valence-corrected chi connectivity index (χ4v) is 2.96. The molecule has 0 aliphatic carbocycles. The molecule has 3 rings (SSSR count). The van der Waals surface area contributed by atoms with E-state index >= 15 is 0 Å². The molecule has 0 bridgehead atoms. The molecule has 0 aliphatic heterocycles. The van der Waals surface area contributed by atoms with Crippen LogP contribution in [0.2, 0.25) is 0 Å². The Kier molecular flexibility index (Phi) is 6.16. The van der Waals surface area contributed by atoms with Crippen molar-refractivity contribution >= 4 is 16.8 Å². The number of amides is 1. The van der Waals surface area contributed by atoms with Crippen molar-refractivity contribution in [1.82, 2.24) is 19.8 Å². The van der Waals surface area contributed by atoms with Crippen LogP contribution in [0.1, 0.15) is 18.3 Å². The van der Waals surface area contributed by atoms with E-state index in [-0.39, 0.29) is 23.8 Å². The Hall–Kier alpha value is -3.06. The van der Waals surface area contributed by atoms with E-state index in [1.807, 2.05) is 17.9 Å². The van der Waals surface area contributed by atoms with Gasteiger partial charge in [0.2, 0.25) is 5.91 Å². The maximum atomic E-state index is 13.0. The van der Waals surface area contributed by atoms with Gasteiger partial charge in [-0.1, -0.05) is 31.2 Å². The van der Waals surface area contributed by atoms with Crippen LogP contribution in [-0.2, 0) is 17.9 Å². The summed E-state index contributed by atoms with van der Waals surface area (Å²) in [4.78, 5) is 35.6. The van der Waals surface area contributed by atoms with Crippen molar-refractivity contribution in [1.29, 1.82) is 0 Å². The minimum atomic E-state index is -0.299. The molecule has 0 fully saturated rings. The Labute approximate surface area is 162 Å². The summed E-state index contributed by atoms with van der Waals surface area (Å²) in [6.07, 6.45) is 0. The highest BCUT2D eigenvalue weighted by Crippen LogP contribution is 2.09. The van der Waals surface area contributed by atoms with Crippen molar-refractivity contribution in [2.75, 3.05) is 20.1 Å². The minimum absolute atomic E-state index is 0.0608. The number of aromatic nitrogens is 2. The van der Waals surface area contributed by atoms with Crippen LogP contribution in [0.25, 0.3) is 10.9 Å². The van der Waals surface area contributed by atoms with E-state index in [0.29, 0.717) is 36.4 Å². The lowest BCUT2D eigenvalue weighted by atomic mass is 10.2. The third kappa shape index (κ3) is 4.80. The maximum Gasteiger partial charge on any atom is 0.258 e. The first kappa shape index (κ1) is 19.7. The SMILES string of the molecule is CCN(CC(=O)N(C)Cc1ccc(F)cc1)Cc1nc2ccccc2c(=O)[nH]1. The molecule has 2 aromatic carbocycles. The Morgan fingerprint density at radius 2 is 1.82 bits per heavy atom. The second-order valence-electron chi connectivity index (χ2n) is 6.71. The van der Waals surface area contributed by atoms with Gasteiger partial charge in [-0.2, -0.15) is 0 Å². The molecule has 0 saturated carbocycles. The Morgan fingerprint density at radius 3 is 2.54 bits per heavy atom. The second kappa shape index (κ2) is 8.75. The third-order valence-corrected chi connectivity index (χ3v) is 4.60. The highest BCUT2D eigenvalue weighted by molar-refractivity contribution is 5.78. The van der Waals surface area contributed by atoms with Gasteiger partial charge in [0.1, 0.15) is 11.6 Å². The van der Waals surface area contributed by atoms with Crippen LogP contribution in [-0.4, -0.2) is 45.8 Å². The van der Waals surface area contributed by atoms with Crippen LogP contribution < -0.4 is 5.56 Å². The molecule has 0 aliphatic rings. The number of fused-ring (bicyclic) bond motifs is 1. The topological polar surface area (TPSA) is 69.3 Å². The fourth-order valence-electron chi connectivity index (χ4n) is 2.96. The number of carbonyl (C=O) groups is 1. The van der Waals surface area contributed by atoms with E-state index in [1.165, 1.54) is 12.1 Å². The lowest BCUT2D eigenvalue weighted by Crippen LogP contribution is -2.38. The number of benzene rings is 2. The molecule has 1 amide bonds. The summed E-state index contributed by atoms with van der Waals surface area (Å²) < 4.78 is 13.0. The lowest BCUT2D eigenvalue weighted by Gasteiger charge is -2.23. The normalized spacial score (nSPS) is 11.1. The molecule has 7 heteroatoms. The molecule has 0 unspecified atom stereocenters. The molecule has 146 valence electrons. The number of likely N-dealkylation sites (N-methyl/N-ethyl adjacent to an activating group) is 2. The Bertz CT molecular complexity index is 1020. The monoisotopic (exact) mass is 382 g/mol. The average Bonchev–Trinajstić information content (AvgIpc) is 2.69. The van der Waals surface area contributed by atoms with Gasteiger partial charge < -0.3 is 9.88 Å². The zero-order chi connectivity index (χ0) is 20.1. The third-order valence-electron chi connectivity index (χ3n) is 4.60. The van der Waals surface area contributed by atoms with Crippen molar-refractivity contribution in [3.05, 3.63) is 76.1 Å². The van der Waals surface area contributed by atoms with Crippen molar-refractivity contribution in [2.45, 2.75) is 20.0 Å². The number of nitrogens with one attached hydrogen (secondary N) is 1. The first-order valence-electron chi connectivity index (χ1n) is 9.15. The molecular weight excluding hydrogens is 359 g/mol. The van der Waals surface area contributed by atoms with E-state index in [2.05, 4.69) is 9.97 Å². The summed E-state index contributed by atoms with van der Waals surface area (Å²) in [6, 6.07) is 13.3. The van der Waals surface area contributed by atoms with E-state index in [9.17, 15) is 14.0 Å². The van der Waals surface area contributed by atoms with Gasteiger partial charge in [0, 0.05) is 13.6 Å². The van der Waals surface area contributed by atoms with Crippen LogP contribution in [0.4, 0.5) is 4.39 Å². The molecule has 6 nitrogen and oxygen atoms in total. The first-order chi connectivity index (χ1) is 13.5. The van der Waals surface area contributed by atoms with Gasteiger partial charge in [-0.3, -0.25) is 14.5 Å². The number of para-hydroxylation sites is 1. The van der Waals surface area contributed by atoms with Crippen molar-refractivity contribution in [3.63, 3.8) is 0 Å². The van der Waals surface area contributed by atoms with E-state index in [0.717, 1.165) is 5.56 Å². The van der Waals surface area contributed by atoms with Gasteiger partial charge in [0.25, 0.3) is 5.56 Å². The highest BCUT2D eigenvalue weighted by Gasteiger charge is 2.15. The summed E-state index contributed by atoms with van der Waals surface area (Å²) in [5.74, 6) is 0.167. The van der Waals surface area contributed by atoms with Gasteiger partial charge in [0.15, 0.2) is 0 Å². The van der Waals surface area contributed by atoms with Gasteiger partial charge in [-0.25, -0.2) is 9.37 Å². The molecule has 0 saturated heterocycles. The standard InChI is InChI=1S/C21H23FN4O2/c1-3-26(13-19-23-18-7-5-4-6-17(18)21(28)24-19)14-20(27)25(2)12-15-8-10-16(22)11-9-15/h4-11H,3,12-14H2,1-2H3,(H,23,24,28). The molecule has 0 spiro atoms. The summed E-state index contributed by atoms with van der Waals surface area (Å²) in [5, 5.41) is 0.546. The van der Waals surface area contributed by atoms with Gasteiger partial charge >= 0.3 is 0 Å². The quantitative estimate of drug-likeness (QED) is 0.682. The highest BCUT2D eigenvalue weighted by atomic mass is 19.1. The summed E-state index contributed by atoms with van der Waals surface area (Å²) in [6.45, 7) is 3.55. The molecule has 1 N–H and O–H groups in total. The second-order valence-corrected chi connectivity index (χ2v) is 6.71. The fraction of sp³-hybridized carbons (Fsp3) is 0.286. The zero-order valence-electron chi connectivity index (χ0n) is 16.0. The van der Waals surface area contributed by atoms with Gasteiger partial charge in [-0.05, 0) is 36.4 Å². The smallest absolute Gasteiger partial charge is 0.258 e. The van der Waals surface area contributed by atoms with Crippen LogP contribution in [0.3, 0.4) is 0 Å². The number of hydrogen-bond donors (Lipinski definition) is 1. The van der Waals surface area contributed by atoms with E-state index in [4.69, 9.17) is 0 Å². The molecular formula is C21H23FN4O2. The number of nitrogens with zero attached hydrogens (tertiary/aromatic N) is 3. The van der Waals surface area contributed by atoms with E-state index < -0.39 is 0 Å². The predicted octanol–water partition coefficient (Wildman–Crippen LogP) is 2.54. The number of carbonyl (C=O) groups excluding carboxylic acids is 1. The maximum absolute atomic E-state index is 13.0. The lowest BCUT2D eigenvalue weighted by molar-refractivity contribution is -0.131. The first-order valence-corrected chi connectivity index (χ1v) is 9.15. The number of halogens is 1. The predicted molar refractivity (Wildman–Crippen MR) is 106 cm³/mol. The summed E-state index contributed by atoms with van der Waals surface area (Å²) in [5.41, 5.74) is 1.31. The van der Waals surface area contributed by atoms with Crippen LogP contribution in [0.15, 0.2) is 53.3 Å². The Morgan fingerprint density at radius 1 is 1.11 bits per heavy atom. The summed E-state index contributed by atoms with van der Waals surface area (Å²) in [7, 11) is 1.72. The number of H-pyrrole nitrogens is 1. The van der Waals surface area contributed by atoms with Crippen LogP contribution in [0.5, 0.6) is 0 Å². The molecule has 0 radical (unpaired) electrons. The summed E-state index contributed by atoms with van der Waals surface area (Å²) >= 11 is 0. The van der Waals surface area contributed by atoms with Crippen LogP contribution >= 0.6 is 0 Å². The van der Waals surface area contributed by atoms with Crippen LogP contribution in [0, 0.1) is 5.82 Å². The number of rotatable bonds is 7. The molecule has 3 aromatic rings. The number of aromatic amines is 1. The molecule has 28 heavy (non-hydrogen) atoms. The van der Waals surface area contributed by atoms with E-state index in [1.54, 1.807) is 42.3 Å². The minimum Gasteiger partial charge on any atom is -0.340 e. The largest absolute Gasteiger partial charge is 0.340 e. The number of hydrogen-bond acceptors (Lipinski definition) is 4. The average molecular weight is 382 g/mol. The molecule has 1 heterocycles. The molecule has 0 atom stereocenters. The van der Waals surface area contributed by atoms with Gasteiger partial charge in [0.05, 0.1) is 24.0 Å². The van der Waals surface area contributed by atoms with Crippen molar-refractivity contribution in [2.24, 2.45) is 0 Å².